The lowest BCUT2D eigenvalue weighted by Crippen LogP contribution is -2.13. The van der Waals surface area contributed by atoms with Crippen LogP contribution in [0.4, 0.5) is 0 Å². The fourth-order valence-corrected chi connectivity index (χ4v) is 2.34. The van der Waals surface area contributed by atoms with E-state index in [-0.39, 0.29) is 11.3 Å². The van der Waals surface area contributed by atoms with Crippen LogP contribution in [0.25, 0.3) is 16.9 Å². The summed E-state index contributed by atoms with van der Waals surface area (Å²) in [4.78, 5) is 12.1. The molecule has 106 valence electrons. The zero-order valence-corrected chi connectivity index (χ0v) is 12.2. The van der Waals surface area contributed by atoms with E-state index in [9.17, 15) is 9.90 Å². The molecule has 0 bridgehead atoms. The van der Waals surface area contributed by atoms with Gasteiger partial charge in [0.15, 0.2) is 0 Å². The predicted molar refractivity (Wildman–Crippen MR) is 83.5 cm³/mol. The van der Waals surface area contributed by atoms with Crippen LogP contribution in [0, 0.1) is 0 Å². The third-order valence-electron chi connectivity index (χ3n) is 3.08. The number of benzene rings is 2. The number of para-hydroxylation sites is 1. The van der Waals surface area contributed by atoms with Crippen molar-refractivity contribution in [3.63, 3.8) is 0 Å². The number of hydrogen-bond acceptors (Lipinski definition) is 2. The van der Waals surface area contributed by atoms with E-state index >= 15 is 0 Å². The van der Waals surface area contributed by atoms with Crippen LogP contribution in [0.3, 0.4) is 0 Å². The van der Waals surface area contributed by atoms with Crippen molar-refractivity contribution < 1.29 is 5.11 Å². The molecule has 2 aromatic carbocycles. The number of aromatic amines is 1. The molecule has 0 spiro atoms. The summed E-state index contributed by atoms with van der Waals surface area (Å²) < 4.78 is 1.34. The maximum atomic E-state index is 12.1. The molecule has 0 saturated heterocycles. The lowest BCUT2D eigenvalue weighted by molar-refractivity contribution is 0.477. The first-order chi connectivity index (χ1) is 10.1. The summed E-state index contributed by atoms with van der Waals surface area (Å²) >= 11 is 11.8. The molecule has 21 heavy (non-hydrogen) atoms. The van der Waals surface area contributed by atoms with E-state index < -0.39 is 0 Å². The quantitative estimate of drug-likeness (QED) is 0.753. The molecule has 0 aliphatic rings. The highest BCUT2D eigenvalue weighted by Gasteiger charge is 2.10. The van der Waals surface area contributed by atoms with Gasteiger partial charge in [-0.2, -0.15) is 0 Å². The molecule has 2 N–H and O–H groups in total. The van der Waals surface area contributed by atoms with Gasteiger partial charge in [-0.1, -0.05) is 35.3 Å². The van der Waals surface area contributed by atoms with Gasteiger partial charge in [0.2, 0.25) is 0 Å². The summed E-state index contributed by atoms with van der Waals surface area (Å²) in [6, 6.07) is 13.1. The summed E-state index contributed by atoms with van der Waals surface area (Å²) in [7, 11) is 0. The fourth-order valence-electron chi connectivity index (χ4n) is 2.05. The van der Waals surface area contributed by atoms with Crippen molar-refractivity contribution in [3.05, 3.63) is 68.9 Å². The summed E-state index contributed by atoms with van der Waals surface area (Å²) in [5.74, 6) is 0.0973. The van der Waals surface area contributed by atoms with Crippen molar-refractivity contribution in [1.29, 1.82) is 0 Å². The average molecular weight is 321 g/mol. The molecule has 0 atom stereocenters. The molecule has 1 aromatic heterocycles. The van der Waals surface area contributed by atoms with Crippen molar-refractivity contribution in [3.8, 4) is 22.7 Å². The van der Waals surface area contributed by atoms with Gasteiger partial charge in [-0.3, -0.25) is 9.89 Å². The Bertz CT molecular complexity index is 868. The van der Waals surface area contributed by atoms with Crippen molar-refractivity contribution in [2.45, 2.75) is 0 Å². The summed E-state index contributed by atoms with van der Waals surface area (Å²) in [5.41, 5.74) is 1.38. The van der Waals surface area contributed by atoms with Crippen LogP contribution in [0.15, 0.2) is 53.3 Å². The summed E-state index contributed by atoms with van der Waals surface area (Å²) in [5, 5.41) is 13.6. The molecule has 3 rings (SSSR count). The number of nitrogens with zero attached hydrogens (tertiary/aromatic N) is 1. The topological polar surface area (TPSA) is 58.0 Å². The number of nitrogens with one attached hydrogen (secondary N) is 1. The van der Waals surface area contributed by atoms with Gasteiger partial charge >= 0.3 is 0 Å². The first kappa shape index (κ1) is 13.8. The van der Waals surface area contributed by atoms with Crippen LogP contribution in [0.2, 0.25) is 10.0 Å². The van der Waals surface area contributed by atoms with E-state index in [2.05, 4.69) is 5.10 Å². The van der Waals surface area contributed by atoms with Crippen LogP contribution in [-0.4, -0.2) is 14.9 Å². The van der Waals surface area contributed by atoms with Crippen molar-refractivity contribution in [1.82, 2.24) is 9.78 Å². The summed E-state index contributed by atoms with van der Waals surface area (Å²) in [6.07, 6.45) is 0. The van der Waals surface area contributed by atoms with E-state index in [0.717, 1.165) is 0 Å². The van der Waals surface area contributed by atoms with Gasteiger partial charge in [0.05, 0.1) is 21.4 Å². The Kier molecular flexibility index (Phi) is 3.49. The monoisotopic (exact) mass is 320 g/mol. The number of rotatable bonds is 2. The summed E-state index contributed by atoms with van der Waals surface area (Å²) in [6.45, 7) is 0. The minimum absolute atomic E-state index is 0.0973. The van der Waals surface area contributed by atoms with Gasteiger partial charge in [0.25, 0.3) is 5.56 Å². The molecule has 0 radical (unpaired) electrons. The van der Waals surface area contributed by atoms with Gasteiger partial charge in [-0.25, -0.2) is 4.68 Å². The molecule has 4 nitrogen and oxygen atoms in total. The number of phenolic OH excluding ortho intramolecular Hbond substituents is 1. The highest BCUT2D eigenvalue weighted by atomic mass is 35.5. The minimum atomic E-state index is -0.258. The van der Waals surface area contributed by atoms with E-state index in [1.165, 1.54) is 10.7 Å². The highest BCUT2D eigenvalue weighted by Crippen LogP contribution is 2.27. The van der Waals surface area contributed by atoms with Crippen LogP contribution in [0.1, 0.15) is 0 Å². The molecule has 3 aromatic rings. The predicted octanol–water partition coefficient (Wildman–Crippen LogP) is 3.85. The maximum Gasteiger partial charge on any atom is 0.271 e. The molecule has 6 heteroatoms. The van der Waals surface area contributed by atoms with Crippen LogP contribution in [-0.2, 0) is 0 Å². The zero-order valence-electron chi connectivity index (χ0n) is 10.7. The van der Waals surface area contributed by atoms with E-state index in [1.54, 1.807) is 42.5 Å². The Morgan fingerprint density at radius 2 is 1.76 bits per heavy atom. The van der Waals surface area contributed by atoms with Crippen molar-refractivity contribution in [2.24, 2.45) is 0 Å². The van der Waals surface area contributed by atoms with Gasteiger partial charge in [-0.05, 0) is 30.3 Å². The Hall–Kier alpha value is -2.17. The molecule has 0 saturated carbocycles. The van der Waals surface area contributed by atoms with Crippen molar-refractivity contribution >= 4 is 23.2 Å². The zero-order chi connectivity index (χ0) is 15.0. The van der Waals surface area contributed by atoms with Crippen LogP contribution in [0.5, 0.6) is 5.75 Å². The van der Waals surface area contributed by atoms with Crippen LogP contribution >= 0.6 is 23.2 Å². The molecule has 0 fully saturated rings. The fraction of sp³-hybridized carbons (Fsp3) is 0. The van der Waals surface area contributed by atoms with Crippen molar-refractivity contribution in [2.75, 3.05) is 0 Å². The SMILES string of the molecule is O=c1cc(-c2ccccc2O)[nH]n1-c1ccc(Cl)c(Cl)c1. The first-order valence-electron chi connectivity index (χ1n) is 6.12. The number of aromatic hydroxyl groups is 1. The molecule has 0 aliphatic heterocycles. The number of halogens is 2. The number of hydrogen-bond donors (Lipinski definition) is 2. The Balaban J connectivity index is 2.12. The average Bonchev–Trinajstić information content (AvgIpc) is 2.84. The molecule has 0 amide bonds. The number of H-pyrrole nitrogens is 1. The maximum absolute atomic E-state index is 12.1. The lowest BCUT2D eigenvalue weighted by atomic mass is 10.1. The number of aromatic nitrogens is 2. The Morgan fingerprint density at radius 1 is 1.00 bits per heavy atom. The second kappa shape index (κ2) is 5.31. The Labute approximate surface area is 130 Å². The molecule has 0 unspecified atom stereocenters. The Morgan fingerprint density at radius 3 is 2.48 bits per heavy atom. The van der Waals surface area contributed by atoms with E-state index in [4.69, 9.17) is 23.2 Å². The highest BCUT2D eigenvalue weighted by molar-refractivity contribution is 6.42. The minimum Gasteiger partial charge on any atom is -0.507 e. The first-order valence-corrected chi connectivity index (χ1v) is 6.88. The lowest BCUT2D eigenvalue weighted by Gasteiger charge is -2.04. The van der Waals surface area contributed by atoms with E-state index in [0.29, 0.717) is 27.0 Å². The normalized spacial score (nSPS) is 10.8. The van der Waals surface area contributed by atoms with E-state index in [1.807, 2.05) is 0 Å². The van der Waals surface area contributed by atoms with Crippen LogP contribution < -0.4 is 5.56 Å². The third-order valence-corrected chi connectivity index (χ3v) is 3.82. The molecule has 1 heterocycles. The second-order valence-corrected chi connectivity index (χ2v) is 5.27. The smallest absolute Gasteiger partial charge is 0.271 e. The molecular weight excluding hydrogens is 311 g/mol. The van der Waals surface area contributed by atoms with Gasteiger partial charge in [0.1, 0.15) is 5.75 Å². The van der Waals surface area contributed by atoms with Gasteiger partial charge in [0, 0.05) is 11.6 Å². The standard InChI is InChI=1S/C15H10Cl2N2O2/c16-11-6-5-9(7-12(11)17)19-15(21)8-13(18-19)10-3-1-2-4-14(10)20/h1-8,18,20H. The molecule has 0 aliphatic carbocycles. The second-order valence-electron chi connectivity index (χ2n) is 4.46. The molecular formula is C15H10Cl2N2O2. The largest absolute Gasteiger partial charge is 0.507 e. The van der Waals surface area contributed by atoms with Gasteiger partial charge in [-0.15, -0.1) is 0 Å². The third kappa shape index (κ3) is 2.55. The van der Waals surface area contributed by atoms with Gasteiger partial charge < -0.3 is 5.11 Å². The number of phenols is 1.